The van der Waals surface area contributed by atoms with Crippen LogP contribution in [0, 0.1) is 0 Å². The van der Waals surface area contributed by atoms with Gasteiger partial charge >= 0.3 is 6.18 Å². The molecule has 2 aliphatic rings. The lowest BCUT2D eigenvalue weighted by Gasteiger charge is -2.47. The number of aromatic nitrogens is 1. The summed E-state index contributed by atoms with van der Waals surface area (Å²) in [7, 11) is 0. The second-order valence-electron chi connectivity index (χ2n) is 8.29. The summed E-state index contributed by atoms with van der Waals surface area (Å²) in [6.07, 6.45) is -0.507. The molecule has 160 valence electrons. The van der Waals surface area contributed by atoms with Gasteiger partial charge in [-0.05, 0) is 55.2 Å². The predicted octanol–water partition coefficient (Wildman–Crippen LogP) is 7.18. The van der Waals surface area contributed by atoms with Crippen LogP contribution < -0.4 is 9.80 Å². The molecule has 0 saturated heterocycles. The molecule has 3 aromatic rings. The highest BCUT2D eigenvalue weighted by Gasteiger charge is 2.50. The maximum atomic E-state index is 14.0. The first kappa shape index (κ1) is 19.9. The molecule has 0 radical (unpaired) electrons. The molecule has 6 heteroatoms. The fourth-order valence-electron chi connectivity index (χ4n) is 5.36. The molecule has 31 heavy (non-hydrogen) atoms. The van der Waals surface area contributed by atoms with Gasteiger partial charge in [-0.1, -0.05) is 44.2 Å². The van der Waals surface area contributed by atoms with Crippen LogP contribution >= 0.6 is 0 Å². The van der Waals surface area contributed by atoms with E-state index >= 15 is 0 Å². The minimum atomic E-state index is -4.45. The summed E-state index contributed by atoms with van der Waals surface area (Å²) in [6, 6.07) is 17.9. The van der Waals surface area contributed by atoms with Crippen molar-refractivity contribution in [2.24, 2.45) is 0 Å². The van der Waals surface area contributed by atoms with Crippen molar-refractivity contribution in [3.8, 4) is 0 Å². The van der Waals surface area contributed by atoms with Gasteiger partial charge in [-0.15, -0.1) is 0 Å². The Balaban J connectivity index is 1.78. The summed E-state index contributed by atoms with van der Waals surface area (Å²) in [5.41, 5.74) is 2.58. The third kappa shape index (κ3) is 2.84. The fourth-order valence-corrected chi connectivity index (χ4v) is 5.36. The molecule has 0 spiro atoms. The van der Waals surface area contributed by atoms with E-state index in [4.69, 9.17) is 0 Å². The van der Waals surface area contributed by atoms with E-state index in [1.165, 1.54) is 11.6 Å². The van der Waals surface area contributed by atoms with Gasteiger partial charge in [-0.25, -0.2) is 4.98 Å². The quantitative estimate of drug-likeness (QED) is 0.445. The van der Waals surface area contributed by atoms with Crippen molar-refractivity contribution in [2.75, 3.05) is 9.80 Å². The zero-order chi connectivity index (χ0) is 21.8. The number of benzene rings is 2. The molecule has 0 saturated carbocycles. The minimum Gasteiger partial charge on any atom is -0.317 e. The third-order valence-corrected chi connectivity index (χ3v) is 6.98. The smallest absolute Gasteiger partial charge is 0.317 e. The van der Waals surface area contributed by atoms with Gasteiger partial charge in [0.25, 0.3) is 0 Å². The van der Waals surface area contributed by atoms with Crippen LogP contribution in [0.1, 0.15) is 44.2 Å². The first-order valence-corrected chi connectivity index (χ1v) is 10.7. The molecule has 1 aromatic heterocycles. The molecule has 0 aliphatic carbocycles. The van der Waals surface area contributed by atoms with E-state index in [0.717, 1.165) is 36.7 Å². The van der Waals surface area contributed by atoms with Crippen molar-refractivity contribution in [3.05, 3.63) is 78.0 Å². The first-order valence-electron chi connectivity index (χ1n) is 10.7. The SMILES string of the molecule is CCC1(CC)CC2N(c3ccccc31)c1cccnc1N2c1ccccc1C(F)(F)F. The maximum Gasteiger partial charge on any atom is 0.418 e. The van der Waals surface area contributed by atoms with E-state index in [1.54, 1.807) is 23.2 Å². The average molecular weight is 423 g/mol. The normalized spacial score (nSPS) is 19.1. The number of pyridine rings is 1. The molecule has 3 nitrogen and oxygen atoms in total. The Bertz CT molecular complexity index is 1120. The van der Waals surface area contributed by atoms with E-state index in [-0.39, 0.29) is 17.3 Å². The molecule has 2 aliphatic heterocycles. The number of anilines is 4. The molecule has 1 atom stereocenters. The van der Waals surface area contributed by atoms with Gasteiger partial charge in [0.1, 0.15) is 6.17 Å². The number of hydrogen-bond donors (Lipinski definition) is 0. The lowest BCUT2D eigenvalue weighted by Crippen LogP contribution is -2.49. The number of para-hydroxylation sites is 2. The Morgan fingerprint density at radius 2 is 1.52 bits per heavy atom. The summed E-state index contributed by atoms with van der Waals surface area (Å²) < 4.78 is 41.9. The second kappa shape index (κ2) is 7.01. The molecule has 3 heterocycles. The first-order chi connectivity index (χ1) is 14.9. The number of hydrogen-bond acceptors (Lipinski definition) is 3. The largest absolute Gasteiger partial charge is 0.418 e. The zero-order valence-corrected chi connectivity index (χ0v) is 17.5. The molecule has 0 amide bonds. The van der Waals surface area contributed by atoms with Crippen LogP contribution in [0.5, 0.6) is 0 Å². The van der Waals surface area contributed by atoms with Gasteiger partial charge in [0.15, 0.2) is 5.82 Å². The van der Waals surface area contributed by atoms with Gasteiger partial charge < -0.3 is 9.80 Å². The van der Waals surface area contributed by atoms with Gasteiger partial charge in [-0.3, -0.25) is 0 Å². The zero-order valence-electron chi connectivity index (χ0n) is 17.5. The summed E-state index contributed by atoms with van der Waals surface area (Å²) in [5.74, 6) is 0.571. The molecular weight excluding hydrogens is 399 g/mol. The average Bonchev–Trinajstić information content (AvgIpc) is 3.11. The number of nitrogens with zero attached hydrogens (tertiary/aromatic N) is 3. The van der Waals surface area contributed by atoms with E-state index in [1.807, 2.05) is 18.2 Å². The maximum absolute atomic E-state index is 14.0. The molecule has 2 aromatic carbocycles. The molecule has 1 unspecified atom stereocenters. The monoisotopic (exact) mass is 423 g/mol. The van der Waals surface area contributed by atoms with Gasteiger partial charge in [0, 0.05) is 17.3 Å². The van der Waals surface area contributed by atoms with Crippen LogP contribution in [-0.4, -0.2) is 11.1 Å². The van der Waals surface area contributed by atoms with Crippen molar-refractivity contribution in [1.29, 1.82) is 0 Å². The number of halogens is 3. The van der Waals surface area contributed by atoms with Crippen molar-refractivity contribution in [1.82, 2.24) is 4.98 Å². The van der Waals surface area contributed by atoms with Gasteiger partial charge in [-0.2, -0.15) is 13.2 Å². The molecule has 0 bridgehead atoms. The van der Waals surface area contributed by atoms with E-state index in [2.05, 4.69) is 41.9 Å². The topological polar surface area (TPSA) is 19.4 Å². The highest BCUT2D eigenvalue weighted by Crippen LogP contribution is 2.57. The van der Waals surface area contributed by atoms with Crippen LogP contribution in [-0.2, 0) is 11.6 Å². The number of rotatable bonds is 3. The highest BCUT2D eigenvalue weighted by atomic mass is 19.4. The van der Waals surface area contributed by atoms with Crippen molar-refractivity contribution < 1.29 is 13.2 Å². The second-order valence-corrected chi connectivity index (χ2v) is 8.29. The van der Waals surface area contributed by atoms with Crippen LogP contribution in [0.3, 0.4) is 0 Å². The van der Waals surface area contributed by atoms with Crippen molar-refractivity contribution in [3.63, 3.8) is 0 Å². The summed E-state index contributed by atoms with van der Waals surface area (Å²) in [6.45, 7) is 4.34. The Hall–Kier alpha value is -3.02. The summed E-state index contributed by atoms with van der Waals surface area (Å²) >= 11 is 0. The lowest BCUT2D eigenvalue weighted by atomic mass is 9.69. The van der Waals surface area contributed by atoms with E-state index in [9.17, 15) is 13.2 Å². The number of fused-ring (bicyclic) bond motifs is 5. The van der Waals surface area contributed by atoms with Gasteiger partial charge in [0.05, 0.1) is 16.9 Å². The Morgan fingerprint density at radius 3 is 2.23 bits per heavy atom. The summed E-state index contributed by atoms with van der Waals surface area (Å²) in [4.78, 5) is 8.53. The summed E-state index contributed by atoms with van der Waals surface area (Å²) in [5, 5.41) is 0. The predicted molar refractivity (Wildman–Crippen MR) is 117 cm³/mol. The molecule has 0 N–H and O–H groups in total. The van der Waals surface area contributed by atoms with Crippen LogP contribution in [0.15, 0.2) is 66.9 Å². The Morgan fingerprint density at radius 1 is 0.871 bits per heavy atom. The molecule has 5 rings (SSSR count). The minimum absolute atomic E-state index is 0.106. The Labute approximate surface area is 180 Å². The van der Waals surface area contributed by atoms with Crippen molar-refractivity contribution in [2.45, 2.75) is 50.9 Å². The van der Waals surface area contributed by atoms with Gasteiger partial charge in [0.2, 0.25) is 0 Å². The molecular formula is C25H24F3N3. The Kier molecular flexibility index (Phi) is 4.50. The van der Waals surface area contributed by atoms with E-state index in [0.29, 0.717) is 5.82 Å². The standard InChI is InChI=1S/C25H24F3N3/c1-3-24(4-2)16-22-30(19-12-7-5-10-17(19)24)21-14-9-15-29-23(21)31(22)20-13-8-6-11-18(20)25(26,27)28/h5-15,22H,3-4,16H2,1-2H3. The van der Waals surface area contributed by atoms with Crippen molar-refractivity contribution >= 4 is 22.9 Å². The van der Waals surface area contributed by atoms with Crippen LogP contribution in [0.2, 0.25) is 0 Å². The highest BCUT2D eigenvalue weighted by molar-refractivity contribution is 5.88. The fraction of sp³-hybridized carbons (Fsp3) is 0.320. The molecule has 0 fully saturated rings. The number of alkyl halides is 3. The van der Waals surface area contributed by atoms with Crippen LogP contribution in [0.4, 0.5) is 36.1 Å². The van der Waals surface area contributed by atoms with E-state index < -0.39 is 11.7 Å². The third-order valence-electron chi connectivity index (χ3n) is 6.98. The lowest BCUT2D eigenvalue weighted by molar-refractivity contribution is -0.137. The van der Waals surface area contributed by atoms with Crippen LogP contribution in [0.25, 0.3) is 0 Å².